The Bertz CT molecular complexity index is 1770. The first kappa shape index (κ1) is 26.0. The second kappa shape index (κ2) is 10.6. The van der Waals surface area contributed by atoms with E-state index in [2.05, 4.69) is 4.99 Å². The molecule has 0 radical (unpaired) electrons. The molecule has 1 atom stereocenters. The highest BCUT2D eigenvalue weighted by atomic mass is 35.5. The number of benzene rings is 2. The van der Waals surface area contributed by atoms with Crippen LogP contribution in [0, 0.1) is 0 Å². The third-order valence-corrected chi connectivity index (χ3v) is 7.59. The fourth-order valence-corrected chi connectivity index (χ4v) is 5.78. The van der Waals surface area contributed by atoms with Crippen LogP contribution in [0.25, 0.3) is 17.4 Å². The fourth-order valence-electron chi connectivity index (χ4n) is 4.37. The first-order valence-corrected chi connectivity index (χ1v) is 13.3. The molecule has 2 aromatic heterocycles. The third kappa shape index (κ3) is 4.71. The Kier molecular flexibility index (Phi) is 7.29. The van der Waals surface area contributed by atoms with Gasteiger partial charge in [0.15, 0.2) is 4.80 Å². The van der Waals surface area contributed by atoms with Crippen LogP contribution in [0.5, 0.6) is 5.75 Å². The summed E-state index contributed by atoms with van der Waals surface area (Å²) in [4.78, 5) is 31.9. The zero-order valence-corrected chi connectivity index (χ0v) is 23.0. The van der Waals surface area contributed by atoms with Crippen molar-refractivity contribution in [2.75, 3.05) is 13.7 Å². The maximum atomic E-state index is 13.8. The van der Waals surface area contributed by atoms with Crippen LogP contribution in [0.2, 0.25) is 10.0 Å². The first-order valence-electron chi connectivity index (χ1n) is 11.7. The number of nitrogens with zero attached hydrogens (tertiary/aromatic N) is 2. The fraction of sp³-hybridized carbons (Fsp3) is 0.179. The molecule has 3 heterocycles. The van der Waals surface area contributed by atoms with Gasteiger partial charge in [0, 0.05) is 22.2 Å². The number of carbonyl (C=O) groups is 1. The highest BCUT2D eigenvalue weighted by molar-refractivity contribution is 7.07. The van der Waals surface area contributed by atoms with Gasteiger partial charge in [0.1, 0.15) is 23.3 Å². The van der Waals surface area contributed by atoms with Gasteiger partial charge >= 0.3 is 5.97 Å². The van der Waals surface area contributed by atoms with Crippen LogP contribution in [0.15, 0.2) is 80.1 Å². The number of esters is 1. The SMILES string of the molecule is CCOC(=O)C1=C(C)N=c2s/c(=C\c3ccc(-c4cc(Cl)ccc4Cl)o3)c(=O)n2C1c1ccccc1OC. The van der Waals surface area contributed by atoms with Crippen molar-refractivity contribution < 1.29 is 18.7 Å². The summed E-state index contributed by atoms with van der Waals surface area (Å²) in [5, 5.41) is 1.02. The number of hydrogen-bond acceptors (Lipinski definition) is 7. The minimum atomic E-state index is -0.777. The van der Waals surface area contributed by atoms with Crippen molar-refractivity contribution >= 4 is 46.6 Å². The number of para-hydroxylation sites is 1. The van der Waals surface area contributed by atoms with Gasteiger partial charge in [-0.15, -0.1) is 0 Å². The second-order valence-electron chi connectivity index (χ2n) is 8.37. The average molecular weight is 569 g/mol. The van der Waals surface area contributed by atoms with Gasteiger partial charge in [-0.3, -0.25) is 9.36 Å². The number of halogens is 2. The van der Waals surface area contributed by atoms with Crippen LogP contribution in [0.4, 0.5) is 0 Å². The molecule has 1 aliphatic rings. The van der Waals surface area contributed by atoms with Crippen molar-refractivity contribution in [2.24, 2.45) is 4.99 Å². The van der Waals surface area contributed by atoms with Gasteiger partial charge < -0.3 is 13.9 Å². The van der Waals surface area contributed by atoms with Crippen molar-refractivity contribution in [2.45, 2.75) is 19.9 Å². The molecule has 1 unspecified atom stereocenters. The third-order valence-electron chi connectivity index (χ3n) is 6.04. The highest BCUT2D eigenvalue weighted by Crippen LogP contribution is 2.36. The Labute approximate surface area is 231 Å². The molecule has 194 valence electrons. The summed E-state index contributed by atoms with van der Waals surface area (Å²) in [5.41, 5.74) is 1.73. The van der Waals surface area contributed by atoms with Gasteiger partial charge in [-0.25, -0.2) is 9.79 Å². The van der Waals surface area contributed by atoms with Crippen molar-refractivity contribution in [1.82, 2.24) is 4.57 Å². The molecule has 0 bridgehead atoms. The van der Waals surface area contributed by atoms with E-state index in [1.165, 1.54) is 15.9 Å². The zero-order valence-electron chi connectivity index (χ0n) is 20.7. The highest BCUT2D eigenvalue weighted by Gasteiger charge is 2.35. The lowest BCUT2D eigenvalue weighted by atomic mass is 9.95. The Balaban J connectivity index is 1.67. The number of furan rings is 1. The van der Waals surface area contributed by atoms with E-state index < -0.39 is 12.0 Å². The van der Waals surface area contributed by atoms with Crippen LogP contribution in [0.3, 0.4) is 0 Å². The Morgan fingerprint density at radius 3 is 2.74 bits per heavy atom. The van der Waals surface area contributed by atoms with Gasteiger partial charge in [-0.2, -0.15) is 0 Å². The van der Waals surface area contributed by atoms with Crippen molar-refractivity contribution in [1.29, 1.82) is 0 Å². The molecular formula is C28H22Cl2N2O5S. The van der Waals surface area contributed by atoms with Gasteiger partial charge in [0.05, 0.1) is 34.5 Å². The molecule has 7 nitrogen and oxygen atoms in total. The molecule has 0 saturated heterocycles. The molecule has 1 aliphatic heterocycles. The lowest BCUT2D eigenvalue weighted by molar-refractivity contribution is -0.139. The smallest absolute Gasteiger partial charge is 0.338 e. The standard InChI is InChI=1S/C28H22Cl2N2O5S/c1-4-36-27(34)24-15(2)31-28-32(25(24)18-7-5-6-8-21(18)35-3)26(33)23(38-28)14-17-10-12-22(37-17)19-13-16(29)9-11-20(19)30/h5-14,25H,4H2,1-3H3/b23-14-. The van der Waals surface area contributed by atoms with E-state index in [1.54, 1.807) is 63.4 Å². The topological polar surface area (TPSA) is 83.0 Å². The average Bonchev–Trinajstić information content (AvgIpc) is 3.49. The number of carbonyl (C=O) groups excluding carboxylic acids is 1. The summed E-state index contributed by atoms with van der Waals surface area (Å²) >= 11 is 13.7. The van der Waals surface area contributed by atoms with Gasteiger partial charge in [0.2, 0.25) is 0 Å². The quantitative estimate of drug-likeness (QED) is 0.292. The maximum absolute atomic E-state index is 13.8. The van der Waals surface area contributed by atoms with E-state index in [1.807, 2.05) is 18.2 Å². The van der Waals surface area contributed by atoms with Crippen LogP contribution in [0.1, 0.15) is 31.2 Å². The van der Waals surface area contributed by atoms with E-state index >= 15 is 0 Å². The molecule has 0 fully saturated rings. The molecule has 0 amide bonds. The van der Waals surface area contributed by atoms with E-state index in [4.69, 9.17) is 37.1 Å². The predicted molar refractivity (Wildman–Crippen MR) is 148 cm³/mol. The summed E-state index contributed by atoms with van der Waals surface area (Å²) in [6, 6.07) is 15.1. The first-order chi connectivity index (χ1) is 18.3. The summed E-state index contributed by atoms with van der Waals surface area (Å²) in [6.45, 7) is 3.66. The lowest BCUT2D eigenvalue weighted by Gasteiger charge is -2.25. The maximum Gasteiger partial charge on any atom is 0.338 e. The molecule has 0 aliphatic carbocycles. The summed E-state index contributed by atoms with van der Waals surface area (Å²) in [5.74, 6) is 0.978. The van der Waals surface area contributed by atoms with Gasteiger partial charge in [-0.05, 0) is 50.2 Å². The minimum Gasteiger partial charge on any atom is -0.496 e. The Hall–Kier alpha value is -3.59. The number of rotatable bonds is 6. The molecule has 0 saturated carbocycles. The van der Waals surface area contributed by atoms with Crippen LogP contribution >= 0.6 is 34.5 Å². The molecule has 0 spiro atoms. The summed E-state index contributed by atoms with van der Waals surface area (Å²) in [6.07, 6.45) is 1.65. The molecule has 5 rings (SSSR count). The number of allylic oxidation sites excluding steroid dienone is 1. The minimum absolute atomic E-state index is 0.191. The Morgan fingerprint density at radius 2 is 1.97 bits per heavy atom. The van der Waals surface area contributed by atoms with Crippen LogP contribution in [-0.4, -0.2) is 24.3 Å². The number of ether oxygens (including phenoxy) is 2. The van der Waals surface area contributed by atoms with E-state index in [0.717, 1.165) is 0 Å². The number of methoxy groups -OCH3 is 1. The van der Waals surface area contributed by atoms with E-state index in [-0.39, 0.29) is 17.7 Å². The molecule has 0 N–H and O–H groups in total. The van der Waals surface area contributed by atoms with E-state index in [0.29, 0.717) is 53.5 Å². The zero-order chi connectivity index (χ0) is 27.0. The van der Waals surface area contributed by atoms with E-state index in [9.17, 15) is 9.59 Å². The second-order valence-corrected chi connectivity index (χ2v) is 10.2. The van der Waals surface area contributed by atoms with Gasteiger partial charge in [-0.1, -0.05) is 52.7 Å². The van der Waals surface area contributed by atoms with Crippen LogP contribution in [-0.2, 0) is 9.53 Å². The normalized spacial score (nSPS) is 15.3. The summed E-state index contributed by atoms with van der Waals surface area (Å²) < 4.78 is 18.8. The predicted octanol–water partition coefficient (Wildman–Crippen LogP) is 5.37. The number of aromatic nitrogens is 1. The lowest BCUT2D eigenvalue weighted by Crippen LogP contribution is -2.40. The number of thiazole rings is 1. The molecular weight excluding hydrogens is 547 g/mol. The Morgan fingerprint density at radius 1 is 1.18 bits per heavy atom. The number of hydrogen-bond donors (Lipinski definition) is 0. The number of fused-ring (bicyclic) bond motifs is 1. The van der Waals surface area contributed by atoms with Crippen LogP contribution < -0.4 is 19.6 Å². The molecule has 38 heavy (non-hydrogen) atoms. The molecule has 2 aromatic carbocycles. The molecule has 4 aromatic rings. The summed E-state index contributed by atoms with van der Waals surface area (Å²) in [7, 11) is 1.55. The van der Waals surface area contributed by atoms with Crippen molar-refractivity contribution in [3.05, 3.63) is 107 Å². The van der Waals surface area contributed by atoms with Crippen molar-refractivity contribution in [3.8, 4) is 17.1 Å². The largest absolute Gasteiger partial charge is 0.496 e. The molecule has 10 heteroatoms. The van der Waals surface area contributed by atoms with Gasteiger partial charge in [0.25, 0.3) is 5.56 Å². The van der Waals surface area contributed by atoms with Crippen molar-refractivity contribution in [3.63, 3.8) is 0 Å². The monoisotopic (exact) mass is 568 g/mol.